The fraction of sp³-hybridized carbons (Fsp3) is 0.714. The minimum Gasteiger partial charge on any atom is -0.378 e. The van der Waals surface area contributed by atoms with Gasteiger partial charge in [0.15, 0.2) is 0 Å². The highest BCUT2D eigenvalue weighted by Gasteiger charge is 1.74. The second-order valence-corrected chi connectivity index (χ2v) is 1.71. The normalized spacial score (nSPS) is 10.9. The molecule has 0 aromatic carbocycles. The smallest absolute Gasteiger partial charge is 0.0647 e. The SMILES string of the molecule is CCOCC=CCCN. The Labute approximate surface area is 56.7 Å². The molecule has 2 heteroatoms. The van der Waals surface area contributed by atoms with E-state index in [0.717, 1.165) is 26.2 Å². The summed E-state index contributed by atoms with van der Waals surface area (Å²) >= 11 is 0. The lowest BCUT2D eigenvalue weighted by molar-refractivity contribution is 0.177. The van der Waals surface area contributed by atoms with Gasteiger partial charge in [0.2, 0.25) is 0 Å². The van der Waals surface area contributed by atoms with Crippen LogP contribution in [0.4, 0.5) is 0 Å². The Kier molecular flexibility index (Phi) is 7.37. The third-order valence-electron chi connectivity index (χ3n) is 0.918. The Bertz CT molecular complexity index is 71.3. The minimum absolute atomic E-state index is 0.719. The fourth-order valence-electron chi connectivity index (χ4n) is 0.468. The van der Waals surface area contributed by atoms with Crippen LogP contribution in [0.2, 0.25) is 0 Å². The zero-order chi connectivity index (χ0) is 6.95. The fourth-order valence-corrected chi connectivity index (χ4v) is 0.468. The lowest BCUT2D eigenvalue weighted by Crippen LogP contribution is -1.95. The lowest BCUT2D eigenvalue weighted by atomic mass is 10.4. The van der Waals surface area contributed by atoms with Gasteiger partial charge in [-0.2, -0.15) is 0 Å². The molecular weight excluding hydrogens is 114 g/mol. The highest BCUT2D eigenvalue weighted by Crippen LogP contribution is 1.80. The molecule has 9 heavy (non-hydrogen) atoms. The molecule has 0 atom stereocenters. The number of nitrogens with two attached hydrogens (primary N) is 1. The molecule has 0 aliphatic carbocycles. The second kappa shape index (κ2) is 7.66. The van der Waals surface area contributed by atoms with Crippen LogP contribution in [0.15, 0.2) is 12.2 Å². The third-order valence-corrected chi connectivity index (χ3v) is 0.918. The van der Waals surface area contributed by atoms with Gasteiger partial charge in [-0.15, -0.1) is 0 Å². The van der Waals surface area contributed by atoms with E-state index in [9.17, 15) is 0 Å². The van der Waals surface area contributed by atoms with E-state index in [2.05, 4.69) is 0 Å². The minimum atomic E-state index is 0.719. The van der Waals surface area contributed by atoms with Crippen LogP contribution in [0.1, 0.15) is 13.3 Å². The van der Waals surface area contributed by atoms with Crippen LogP contribution in [0.5, 0.6) is 0 Å². The Hall–Kier alpha value is -0.340. The van der Waals surface area contributed by atoms with E-state index in [-0.39, 0.29) is 0 Å². The maximum absolute atomic E-state index is 5.25. The molecule has 0 rings (SSSR count). The molecule has 0 aromatic heterocycles. The van der Waals surface area contributed by atoms with E-state index >= 15 is 0 Å². The van der Waals surface area contributed by atoms with Crippen LogP contribution >= 0.6 is 0 Å². The summed E-state index contributed by atoms with van der Waals surface area (Å²) in [6.45, 7) is 4.21. The molecule has 0 unspecified atom stereocenters. The van der Waals surface area contributed by atoms with Crippen LogP contribution in [0.25, 0.3) is 0 Å². The van der Waals surface area contributed by atoms with Gasteiger partial charge in [0.05, 0.1) is 6.61 Å². The maximum atomic E-state index is 5.25. The van der Waals surface area contributed by atoms with Gasteiger partial charge in [-0.3, -0.25) is 0 Å². The topological polar surface area (TPSA) is 35.2 Å². The molecule has 0 saturated heterocycles. The average molecular weight is 129 g/mol. The van der Waals surface area contributed by atoms with Crippen LogP contribution in [0, 0.1) is 0 Å². The molecule has 0 amide bonds. The molecule has 0 bridgehead atoms. The Morgan fingerprint density at radius 1 is 1.44 bits per heavy atom. The number of hydrogen-bond donors (Lipinski definition) is 1. The summed E-state index contributed by atoms with van der Waals surface area (Å²) in [6, 6.07) is 0. The number of hydrogen-bond acceptors (Lipinski definition) is 2. The predicted octanol–water partition coefficient (Wildman–Crippen LogP) is 0.928. The molecule has 2 nitrogen and oxygen atoms in total. The molecule has 0 heterocycles. The third kappa shape index (κ3) is 7.66. The summed E-state index contributed by atoms with van der Waals surface area (Å²) in [7, 11) is 0. The van der Waals surface area contributed by atoms with Crippen molar-refractivity contribution >= 4 is 0 Å². The highest BCUT2D eigenvalue weighted by molar-refractivity contribution is 4.81. The van der Waals surface area contributed by atoms with Crippen LogP contribution in [0.3, 0.4) is 0 Å². The molecule has 0 radical (unpaired) electrons. The first-order valence-electron chi connectivity index (χ1n) is 3.34. The first kappa shape index (κ1) is 8.66. The van der Waals surface area contributed by atoms with Crippen molar-refractivity contribution in [2.45, 2.75) is 13.3 Å². The first-order valence-corrected chi connectivity index (χ1v) is 3.34. The number of ether oxygens (including phenoxy) is 1. The Morgan fingerprint density at radius 2 is 2.22 bits per heavy atom. The van der Waals surface area contributed by atoms with Crippen molar-refractivity contribution in [3.05, 3.63) is 12.2 Å². The Balaban J connectivity index is 2.86. The van der Waals surface area contributed by atoms with Crippen LogP contribution in [-0.2, 0) is 4.74 Å². The summed E-state index contributed by atoms with van der Waals surface area (Å²) in [5.41, 5.74) is 5.25. The zero-order valence-corrected chi connectivity index (χ0v) is 5.97. The largest absolute Gasteiger partial charge is 0.378 e. The number of rotatable bonds is 5. The molecule has 0 aliphatic heterocycles. The molecule has 0 fully saturated rings. The van der Waals surface area contributed by atoms with Gasteiger partial charge in [-0.25, -0.2) is 0 Å². The van der Waals surface area contributed by atoms with E-state index in [1.54, 1.807) is 0 Å². The maximum Gasteiger partial charge on any atom is 0.0647 e. The summed E-state index contributed by atoms with van der Waals surface area (Å²) in [6.07, 6.45) is 4.99. The summed E-state index contributed by atoms with van der Waals surface area (Å²) < 4.78 is 5.05. The predicted molar refractivity (Wildman–Crippen MR) is 39.3 cm³/mol. The van der Waals surface area contributed by atoms with Gasteiger partial charge >= 0.3 is 0 Å². The van der Waals surface area contributed by atoms with Crippen molar-refractivity contribution < 1.29 is 4.74 Å². The van der Waals surface area contributed by atoms with Gasteiger partial charge in [0.1, 0.15) is 0 Å². The van der Waals surface area contributed by atoms with E-state index < -0.39 is 0 Å². The van der Waals surface area contributed by atoms with Crippen molar-refractivity contribution in [2.24, 2.45) is 5.73 Å². The summed E-state index contributed by atoms with van der Waals surface area (Å²) in [5, 5.41) is 0. The Morgan fingerprint density at radius 3 is 2.78 bits per heavy atom. The molecule has 54 valence electrons. The quantitative estimate of drug-likeness (QED) is 0.442. The van der Waals surface area contributed by atoms with E-state index in [1.807, 2.05) is 19.1 Å². The molecule has 0 saturated carbocycles. The standard InChI is InChI=1S/C7H15NO/c1-2-9-7-5-3-4-6-8/h3,5H,2,4,6-8H2,1H3. The van der Waals surface area contributed by atoms with Crippen molar-refractivity contribution in [2.75, 3.05) is 19.8 Å². The monoisotopic (exact) mass is 129 g/mol. The summed E-state index contributed by atoms with van der Waals surface area (Å²) in [5.74, 6) is 0. The van der Waals surface area contributed by atoms with Gasteiger partial charge in [0, 0.05) is 6.61 Å². The molecule has 0 spiro atoms. The molecule has 0 aliphatic rings. The van der Waals surface area contributed by atoms with Crippen LogP contribution in [-0.4, -0.2) is 19.8 Å². The first-order chi connectivity index (χ1) is 4.41. The average Bonchev–Trinajstić information content (AvgIpc) is 1.89. The van der Waals surface area contributed by atoms with E-state index in [4.69, 9.17) is 10.5 Å². The van der Waals surface area contributed by atoms with Gasteiger partial charge in [0.25, 0.3) is 0 Å². The van der Waals surface area contributed by atoms with Crippen LogP contribution < -0.4 is 5.73 Å². The van der Waals surface area contributed by atoms with E-state index in [1.165, 1.54) is 0 Å². The molecular formula is C7H15NO. The second-order valence-electron chi connectivity index (χ2n) is 1.71. The van der Waals surface area contributed by atoms with Crippen molar-refractivity contribution in [3.8, 4) is 0 Å². The molecule has 0 aromatic rings. The highest BCUT2D eigenvalue weighted by atomic mass is 16.5. The van der Waals surface area contributed by atoms with Crippen molar-refractivity contribution in [1.82, 2.24) is 0 Å². The summed E-state index contributed by atoms with van der Waals surface area (Å²) in [4.78, 5) is 0. The van der Waals surface area contributed by atoms with Gasteiger partial charge in [-0.05, 0) is 19.9 Å². The molecule has 2 N–H and O–H groups in total. The zero-order valence-electron chi connectivity index (χ0n) is 5.97. The lowest BCUT2D eigenvalue weighted by Gasteiger charge is -1.91. The van der Waals surface area contributed by atoms with Gasteiger partial charge < -0.3 is 10.5 Å². The van der Waals surface area contributed by atoms with Gasteiger partial charge in [-0.1, -0.05) is 12.2 Å². The van der Waals surface area contributed by atoms with Crippen molar-refractivity contribution in [1.29, 1.82) is 0 Å². The van der Waals surface area contributed by atoms with Crippen molar-refractivity contribution in [3.63, 3.8) is 0 Å². The van der Waals surface area contributed by atoms with E-state index in [0.29, 0.717) is 0 Å².